The lowest BCUT2D eigenvalue weighted by atomic mass is 10.3. The zero-order chi connectivity index (χ0) is 13.9. The van der Waals surface area contributed by atoms with E-state index in [9.17, 15) is 0 Å². The molecule has 20 heavy (non-hydrogen) atoms. The predicted molar refractivity (Wildman–Crippen MR) is 82.2 cm³/mol. The van der Waals surface area contributed by atoms with Crippen LogP contribution in [0.1, 0.15) is 11.1 Å². The van der Waals surface area contributed by atoms with Crippen molar-refractivity contribution in [1.82, 2.24) is 0 Å². The summed E-state index contributed by atoms with van der Waals surface area (Å²) >= 11 is 0. The smallest absolute Gasteiger partial charge is 0.0255 e. The third-order valence-corrected chi connectivity index (χ3v) is 2.27. The summed E-state index contributed by atoms with van der Waals surface area (Å²) in [4.78, 5) is 0. The summed E-state index contributed by atoms with van der Waals surface area (Å²) < 4.78 is 0. The molecular weight excluding hydrogens is 242 g/mol. The van der Waals surface area contributed by atoms with Crippen molar-refractivity contribution in [2.24, 2.45) is 0 Å². The Morgan fingerprint density at radius 3 is 1.15 bits per heavy atom. The Balaban J connectivity index is 1.92. The fraction of sp³-hybridized carbons (Fsp3) is 0. The lowest BCUT2D eigenvalue weighted by Crippen LogP contribution is -1.69. The number of hydrogen-bond donors (Lipinski definition) is 0. The van der Waals surface area contributed by atoms with Gasteiger partial charge in [-0.2, -0.15) is 0 Å². The van der Waals surface area contributed by atoms with Gasteiger partial charge in [0.15, 0.2) is 0 Å². The van der Waals surface area contributed by atoms with Crippen LogP contribution >= 0.6 is 0 Å². The van der Waals surface area contributed by atoms with Gasteiger partial charge in [-0.3, -0.25) is 0 Å². The zero-order valence-corrected chi connectivity index (χ0v) is 10.8. The molecule has 0 aromatic heterocycles. The summed E-state index contributed by atoms with van der Waals surface area (Å²) in [5, 5.41) is 0. The molecule has 0 radical (unpaired) electrons. The highest BCUT2D eigenvalue weighted by Gasteiger charge is 1.79. The van der Waals surface area contributed by atoms with Gasteiger partial charge < -0.3 is 0 Å². The Bertz CT molecular complexity index is 724. The highest BCUT2D eigenvalue weighted by Crippen LogP contribution is 1.94. The molecule has 0 saturated carbocycles. The van der Waals surface area contributed by atoms with Gasteiger partial charge in [-0.05, 0) is 59.8 Å². The van der Waals surface area contributed by atoms with Crippen molar-refractivity contribution < 1.29 is 0 Å². The van der Waals surface area contributed by atoms with Crippen LogP contribution in [0.15, 0.2) is 60.7 Å². The Labute approximate surface area is 119 Å². The molecule has 0 heteroatoms. The molecule has 90 valence electrons. The normalized spacial score (nSPS) is 7.40. The third kappa shape index (κ3) is 4.90. The summed E-state index contributed by atoms with van der Waals surface area (Å²) in [6, 6.07) is 19.4. The summed E-state index contributed by atoms with van der Waals surface area (Å²) in [6.07, 6.45) is 0. The molecule has 0 bridgehead atoms. The first-order valence-electron chi connectivity index (χ1n) is 6.07. The quantitative estimate of drug-likeness (QED) is 0.499. The van der Waals surface area contributed by atoms with E-state index in [0.29, 0.717) is 0 Å². The minimum absolute atomic E-state index is 0.943. The van der Waals surface area contributed by atoms with Gasteiger partial charge in [-0.15, -0.1) is 0 Å². The topological polar surface area (TPSA) is 0 Å². The predicted octanol–water partition coefficient (Wildman–Crippen LogP) is 3.10. The van der Waals surface area contributed by atoms with Crippen LogP contribution in [0.2, 0.25) is 0 Å². The van der Waals surface area contributed by atoms with Crippen LogP contribution in [0.5, 0.6) is 0 Å². The number of hydrogen-bond acceptors (Lipinski definition) is 0. The molecule has 0 unspecified atom stereocenters. The molecule has 0 aliphatic carbocycles. The molecule has 0 heterocycles. The second kappa shape index (κ2) is 7.90. The van der Waals surface area contributed by atoms with Crippen molar-refractivity contribution >= 4 is 0 Å². The zero-order valence-electron chi connectivity index (χ0n) is 10.8. The Morgan fingerprint density at radius 2 is 0.750 bits per heavy atom. The molecule has 0 amide bonds. The Kier molecular flexibility index (Phi) is 5.18. The molecule has 2 aromatic rings. The van der Waals surface area contributed by atoms with Crippen LogP contribution in [0.25, 0.3) is 0 Å². The van der Waals surface area contributed by atoms with Crippen molar-refractivity contribution in [2.75, 3.05) is 0 Å². The Hall–Kier alpha value is -3.32. The van der Waals surface area contributed by atoms with E-state index < -0.39 is 0 Å². The van der Waals surface area contributed by atoms with Gasteiger partial charge in [0.25, 0.3) is 0 Å². The molecule has 0 nitrogen and oxygen atoms in total. The van der Waals surface area contributed by atoms with Crippen LogP contribution in [-0.2, 0) is 0 Å². The molecule has 0 aliphatic rings. The first kappa shape index (κ1) is 13.1. The summed E-state index contributed by atoms with van der Waals surface area (Å²) in [7, 11) is 0. The van der Waals surface area contributed by atoms with Crippen molar-refractivity contribution in [3.05, 3.63) is 71.8 Å². The van der Waals surface area contributed by atoms with E-state index in [2.05, 4.69) is 47.4 Å². The minimum Gasteiger partial charge on any atom is -0.0622 e. The molecule has 0 fully saturated rings. The van der Waals surface area contributed by atoms with Crippen LogP contribution in [0.3, 0.4) is 0 Å². The molecule has 0 spiro atoms. The van der Waals surface area contributed by atoms with Crippen LogP contribution < -0.4 is 0 Å². The van der Waals surface area contributed by atoms with Gasteiger partial charge >= 0.3 is 0 Å². The lowest BCUT2D eigenvalue weighted by molar-refractivity contribution is 1.65. The maximum absolute atomic E-state index is 2.93. The SMILES string of the molecule is C(C#CC#[13C]c1ccccc1)#CC#[13C]c1ccccc1. The van der Waals surface area contributed by atoms with Crippen molar-refractivity contribution in [1.29, 1.82) is 0 Å². The van der Waals surface area contributed by atoms with Crippen molar-refractivity contribution in [3.8, 4) is 47.4 Å². The highest BCUT2D eigenvalue weighted by atomic mass is 14.1. The first-order chi connectivity index (χ1) is 9.95. The average Bonchev–Trinajstić information content (AvgIpc) is 2.52. The second-order valence-corrected chi connectivity index (χ2v) is 3.73. The van der Waals surface area contributed by atoms with Gasteiger partial charge in [0.05, 0.1) is 0 Å². The molecule has 0 atom stereocenters. The number of rotatable bonds is 0. The monoisotopic (exact) mass is 252 g/mol. The van der Waals surface area contributed by atoms with Gasteiger partial charge in [0.2, 0.25) is 0 Å². The molecular formula is C20H10. The average molecular weight is 252 g/mol. The van der Waals surface area contributed by atoms with Gasteiger partial charge in [0, 0.05) is 11.1 Å². The molecule has 0 saturated heterocycles. The van der Waals surface area contributed by atoms with E-state index in [0.717, 1.165) is 11.1 Å². The summed E-state index contributed by atoms with van der Waals surface area (Å²) in [6.45, 7) is 0. The van der Waals surface area contributed by atoms with Crippen LogP contribution in [0.4, 0.5) is 0 Å². The maximum Gasteiger partial charge on any atom is 0.0255 e. The van der Waals surface area contributed by atoms with E-state index in [-0.39, 0.29) is 0 Å². The summed E-state index contributed by atoms with van der Waals surface area (Å²) in [5.74, 6) is 22.0. The first-order valence-corrected chi connectivity index (χ1v) is 6.07. The van der Waals surface area contributed by atoms with E-state index in [1.54, 1.807) is 0 Å². The molecule has 2 aromatic carbocycles. The molecule has 0 N–H and O–H groups in total. The maximum atomic E-state index is 2.93. The van der Waals surface area contributed by atoms with Gasteiger partial charge in [-0.1, -0.05) is 48.2 Å². The van der Waals surface area contributed by atoms with Gasteiger partial charge in [-0.25, -0.2) is 0 Å². The molecule has 2 rings (SSSR count). The lowest BCUT2D eigenvalue weighted by Gasteiger charge is -1.83. The fourth-order valence-corrected chi connectivity index (χ4v) is 1.37. The number of benzene rings is 2. The largest absolute Gasteiger partial charge is 0.0622 e. The highest BCUT2D eigenvalue weighted by molar-refractivity contribution is 5.45. The second-order valence-electron chi connectivity index (χ2n) is 3.73. The Morgan fingerprint density at radius 1 is 0.400 bits per heavy atom. The van der Waals surface area contributed by atoms with Crippen LogP contribution in [-0.4, -0.2) is 0 Å². The third-order valence-electron chi connectivity index (χ3n) is 2.27. The molecule has 0 aliphatic heterocycles. The van der Waals surface area contributed by atoms with E-state index >= 15 is 0 Å². The van der Waals surface area contributed by atoms with E-state index in [1.807, 2.05) is 60.7 Å². The standard InChI is InChI=1S/C20H10/c1(3-7-13-19-15-9-5-10-16-19)2-4-8-14-20-17-11-6-12-18-20/h5-6,9-12,15-18H/i13+1,14+1. The summed E-state index contributed by atoms with van der Waals surface area (Å²) in [5.41, 5.74) is 1.89. The van der Waals surface area contributed by atoms with E-state index in [1.165, 1.54) is 0 Å². The van der Waals surface area contributed by atoms with Crippen molar-refractivity contribution in [2.45, 2.75) is 0 Å². The van der Waals surface area contributed by atoms with Gasteiger partial charge in [0.1, 0.15) is 0 Å². The fourth-order valence-electron chi connectivity index (χ4n) is 1.37. The minimum atomic E-state index is 0.943. The van der Waals surface area contributed by atoms with Crippen molar-refractivity contribution in [3.63, 3.8) is 0 Å². The van der Waals surface area contributed by atoms with Crippen LogP contribution in [0, 0.1) is 47.4 Å². The van der Waals surface area contributed by atoms with E-state index in [4.69, 9.17) is 0 Å².